The number of ether oxygens (including phenoxy) is 1. The summed E-state index contributed by atoms with van der Waals surface area (Å²) in [4.78, 5) is 13.2. The highest BCUT2D eigenvalue weighted by molar-refractivity contribution is 5.69. The van der Waals surface area contributed by atoms with Gasteiger partial charge >= 0.3 is 6.09 Å². The number of amides is 1. The normalized spacial score (nSPS) is 26.9. The third-order valence-corrected chi connectivity index (χ3v) is 2.29. The molecule has 1 rings (SSSR count). The lowest BCUT2D eigenvalue weighted by Crippen LogP contribution is -2.43. The van der Waals surface area contributed by atoms with E-state index in [-0.39, 0.29) is 6.04 Å². The van der Waals surface area contributed by atoms with Crippen molar-refractivity contribution < 1.29 is 14.6 Å². The quantitative estimate of drug-likeness (QED) is 0.661. The lowest BCUT2D eigenvalue weighted by atomic mass is 10.2. The van der Waals surface area contributed by atoms with Crippen molar-refractivity contribution in [2.45, 2.75) is 44.9 Å². The highest BCUT2D eigenvalue weighted by Gasteiger charge is 2.35. The monoisotopic (exact) mass is 216 g/mol. The van der Waals surface area contributed by atoms with E-state index in [2.05, 4.69) is 0 Å². The molecule has 1 fully saturated rings. The fourth-order valence-corrected chi connectivity index (χ4v) is 1.66. The Balaban J connectivity index is 2.59. The van der Waals surface area contributed by atoms with Gasteiger partial charge < -0.3 is 20.5 Å². The average molecular weight is 216 g/mol. The van der Waals surface area contributed by atoms with Crippen LogP contribution in [-0.2, 0) is 4.74 Å². The maximum Gasteiger partial charge on any atom is 0.410 e. The van der Waals surface area contributed by atoms with Gasteiger partial charge in [0.1, 0.15) is 5.60 Å². The standard InChI is InChI=1S/C10H20N2O3/c1-10(2,3)15-9(14)12-6-8(13)4-7(12)5-11/h7-8,13H,4-6,11H2,1-3H3/t7-,8+/m0/s1. The molecule has 0 aliphatic carbocycles. The van der Waals surface area contributed by atoms with Crippen molar-refractivity contribution in [1.82, 2.24) is 4.90 Å². The largest absolute Gasteiger partial charge is 0.444 e. The number of nitrogens with zero attached hydrogens (tertiary/aromatic N) is 1. The number of rotatable bonds is 1. The van der Waals surface area contributed by atoms with Gasteiger partial charge in [-0.1, -0.05) is 0 Å². The van der Waals surface area contributed by atoms with Crippen molar-refractivity contribution in [3.05, 3.63) is 0 Å². The van der Waals surface area contributed by atoms with Crippen LogP contribution >= 0.6 is 0 Å². The van der Waals surface area contributed by atoms with E-state index in [1.54, 1.807) is 0 Å². The fourth-order valence-electron chi connectivity index (χ4n) is 1.66. The van der Waals surface area contributed by atoms with Gasteiger partial charge in [-0.2, -0.15) is 0 Å². The highest BCUT2D eigenvalue weighted by atomic mass is 16.6. The summed E-state index contributed by atoms with van der Waals surface area (Å²) in [5, 5.41) is 9.44. The molecule has 0 radical (unpaired) electrons. The number of β-amino-alcohol motifs (C(OH)–C–C–N with tert-alkyl or cyclic N) is 1. The van der Waals surface area contributed by atoms with E-state index in [9.17, 15) is 9.90 Å². The molecule has 0 spiro atoms. The first-order chi connectivity index (χ1) is 6.83. The lowest BCUT2D eigenvalue weighted by Gasteiger charge is -2.27. The third-order valence-electron chi connectivity index (χ3n) is 2.29. The van der Waals surface area contributed by atoms with Crippen LogP contribution in [0.5, 0.6) is 0 Å². The predicted molar refractivity (Wildman–Crippen MR) is 56.4 cm³/mol. The summed E-state index contributed by atoms with van der Waals surface area (Å²) in [6, 6.07) is -0.102. The van der Waals surface area contributed by atoms with Gasteiger partial charge in [0.25, 0.3) is 0 Å². The Morgan fingerprint density at radius 3 is 2.67 bits per heavy atom. The summed E-state index contributed by atoms with van der Waals surface area (Å²) in [5.74, 6) is 0. The minimum atomic E-state index is -0.510. The lowest BCUT2D eigenvalue weighted by molar-refractivity contribution is 0.0213. The minimum Gasteiger partial charge on any atom is -0.444 e. The van der Waals surface area contributed by atoms with Gasteiger partial charge in [0, 0.05) is 12.6 Å². The molecule has 1 saturated heterocycles. The molecular weight excluding hydrogens is 196 g/mol. The summed E-state index contributed by atoms with van der Waals surface area (Å²) >= 11 is 0. The highest BCUT2D eigenvalue weighted by Crippen LogP contribution is 2.20. The smallest absolute Gasteiger partial charge is 0.410 e. The van der Waals surface area contributed by atoms with Crippen molar-refractivity contribution >= 4 is 6.09 Å². The molecule has 5 heteroatoms. The van der Waals surface area contributed by atoms with Gasteiger partial charge in [-0.15, -0.1) is 0 Å². The Labute approximate surface area is 90.2 Å². The van der Waals surface area contributed by atoms with E-state index < -0.39 is 17.8 Å². The summed E-state index contributed by atoms with van der Waals surface area (Å²) in [6.45, 7) is 6.12. The van der Waals surface area contributed by atoms with Crippen LogP contribution in [0.25, 0.3) is 0 Å². The van der Waals surface area contributed by atoms with Crippen LogP contribution in [0, 0.1) is 0 Å². The molecule has 1 amide bonds. The van der Waals surface area contributed by atoms with E-state index in [4.69, 9.17) is 10.5 Å². The van der Waals surface area contributed by atoms with Gasteiger partial charge in [0.15, 0.2) is 0 Å². The topological polar surface area (TPSA) is 75.8 Å². The molecule has 0 aromatic heterocycles. The molecule has 0 bridgehead atoms. The molecule has 3 N–H and O–H groups in total. The summed E-state index contributed by atoms with van der Waals surface area (Å²) in [7, 11) is 0. The molecular formula is C10H20N2O3. The molecule has 1 aliphatic heterocycles. The molecule has 88 valence electrons. The Morgan fingerprint density at radius 2 is 2.20 bits per heavy atom. The van der Waals surface area contributed by atoms with Crippen molar-refractivity contribution in [3.8, 4) is 0 Å². The molecule has 0 unspecified atom stereocenters. The Bertz CT molecular complexity index is 237. The molecule has 5 nitrogen and oxygen atoms in total. The van der Waals surface area contributed by atoms with Gasteiger partial charge in [0.05, 0.1) is 12.6 Å². The third kappa shape index (κ3) is 3.35. The number of hydrogen-bond acceptors (Lipinski definition) is 4. The van der Waals surface area contributed by atoms with Crippen LogP contribution in [0.15, 0.2) is 0 Å². The first kappa shape index (κ1) is 12.3. The van der Waals surface area contributed by atoms with Crippen molar-refractivity contribution in [3.63, 3.8) is 0 Å². The zero-order valence-electron chi connectivity index (χ0n) is 9.56. The minimum absolute atomic E-state index is 0.102. The second kappa shape index (κ2) is 4.37. The van der Waals surface area contributed by atoms with Crippen LogP contribution < -0.4 is 5.73 Å². The molecule has 0 aromatic rings. The Hall–Kier alpha value is -0.810. The predicted octanol–water partition coefficient (Wildman–Crippen LogP) is 0.315. The molecule has 1 aliphatic rings. The van der Waals surface area contributed by atoms with Crippen molar-refractivity contribution in [2.24, 2.45) is 5.73 Å². The Morgan fingerprint density at radius 1 is 1.60 bits per heavy atom. The van der Waals surface area contributed by atoms with E-state index >= 15 is 0 Å². The van der Waals surface area contributed by atoms with Gasteiger partial charge in [-0.25, -0.2) is 4.79 Å². The van der Waals surface area contributed by atoms with Crippen molar-refractivity contribution in [2.75, 3.05) is 13.1 Å². The van der Waals surface area contributed by atoms with Crippen LogP contribution in [0.2, 0.25) is 0 Å². The van der Waals surface area contributed by atoms with Gasteiger partial charge in [0.2, 0.25) is 0 Å². The zero-order valence-corrected chi connectivity index (χ0v) is 9.56. The number of carbonyl (C=O) groups is 1. The summed E-state index contributed by atoms with van der Waals surface area (Å²) in [6.07, 6.45) is -0.337. The SMILES string of the molecule is CC(C)(C)OC(=O)N1C[C@H](O)C[C@H]1CN. The van der Waals surface area contributed by atoms with Crippen LogP contribution in [0.1, 0.15) is 27.2 Å². The van der Waals surface area contributed by atoms with Gasteiger partial charge in [-0.3, -0.25) is 0 Å². The van der Waals surface area contributed by atoms with Gasteiger partial charge in [-0.05, 0) is 27.2 Å². The van der Waals surface area contributed by atoms with Crippen LogP contribution in [-0.4, -0.2) is 46.9 Å². The molecule has 2 atom stereocenters. The van der Waals surface area contributed by atoms with E-state index in [0.717, 1.165) is 0 Å². The van der Waals surface area contributed by atoms with Crippen LogP contribution in [0.4, 0.5) is 4.79 Å². The molecule has 15 heavy (non-hydrogen) atoms. The number of carbonyl (C=O) groups excluding carboxylic acids is 1. The summed E-state index contributed by atoms with van der Waals surface area (Å²) < 4.78 is 5.22. The first-order valence-electron chi connectivity index (χ1n) is 5.21. The number of aliphatic hydroxyl groups is 1. The second-order valence-electron chi connectivity index (χ2n) is 4.91. The number of aliphatic hydroxyl groups excluding tert-OH is 1. The Kier molecular flexibility index (Phi) is 3.57. The van der Waals surface area contributed by atoms with Crippen molar-refractivity contribution in [1.29, 1.82) is 0 Å². The molecule has 0 saturated carbocycles. The first-order valence-corrected chi connectivity index (χ1v) is 5.21. The number of likely N-dealkylation sites (tertiary alicyclic amines) is 1. The summed E-state index contributed by atoms with van der Waals surface area (Å²) in [5.41, 5.74) is 5.02. The maximum atomic E-state index is 11.7. The molecule has 0 aromatic carbocycles. The average Bonchev–Trinajstić information content (AvgIpc) is 2.43. The van der Waals surface area contributed by atoms with Crippen LogP contribution in [0.3, 0.4) is 0 Å². The second-order valence-corrected chi connectivity index (χ2v) is 4.91. The van der Waals surface area contributed by atoms with E-state index in [1.165, 1.54) is 4.90 Å². The van der Waals surface area contributed by atoms with E-state index in [0.29, 0.717) is 19.5 Å². The fraction of sp³-hybridized carbons (Fsp3) is 0.900. The number of hydrogen-bond donors (Lipinski definition) is 2. The van der Waals surface area contributed by atoms with E-state index in [1.807, 2.05) is 20.8 Å². The maximum absolute atomic E-state index is 11.7. The zero-order chi connectivity index (χ0) is 11.6. The molecule has 1 heterocycles. The number of nitrogens with two attached hydrogens (primary N) is 1.